The minimum Gasteiger partial charge on any atom is -0.493 e. The van der Waals surface area contributed by atoms with Gasteiger partial charge in [0.15, 0.2) is 12.8 Å². The van der Waals surface area contributed by atoms with Crippen LogP contribution in [0.1, 0.15) is 12.0 Å². The molecular weight excluding hydrogens is 329 g/mol. The molecule has 2 rings (SSSR count). The van der Waals surface area contributed by atoms with E-state index in [-0.39, 0.29) is 6.61 Å². The zero-order chi connectivity index (χ0) is 17.6. The summed E-state index contributed by atoms with van der Waals surface area (Å²) in [6.07, 6.45) is -7.52. The molecule has 6 nitrogen and oxygen atoms in total. The molecule has 0 amide bonds. The van der Waals surface area contributed by atoms with Crippen molar-refractivity contribution in [2.24, 2.45) is 5.10 Å². The van der Waals surface area contributed by atoms with E-state index in [0.717, 1.165) is 5.56 Å². The van der Waals surface area contributed by atoms with Gasteiger partial charge in [0.1, 0.15) is 5.75 Å². The zero-order valence-electron chi connectivity index (χ0n) is 13.1. The lowest BCUT2D eigenvalue weighted by Crippen LogP contribution is -2.30. The Bertz CT molecular complexity index is 549. The van der Waals surface area contributed by atoms with Gasteiger partial charge in [-0.25, -0.2) is 0 Å². The van der Waals surface area contributed by atoms with Crippen molar-refractivity contribution in [3.63, 3.8) is 0 Å². The molecule has 0 unspecified atom stereocenters. The summed E-state index contributed by atoms with van der Waals surface area (Å²) in [5.41, 5.74) is 0.734. The van der Waals surface area contributed by atoms with E-state index in [9.17, 15) is 13.2 Å². The van der Waals surface area contributed by atoms with Gasteiger partial charge >= 0.3 is 6.18 Å². The van der Waals surface area contributed by atoms with Crippen LogP contribution in [0, 0.1) is 0 Å². The molecule has 1 atom stereocenters. The number of nitrogens with zero attached hydrogens (tertiary/aromatic N) is 2. The van der Waals surface area contributed by atoms with Crippen molar-refractivity contribution >= 4 is 5.90 Å². The first-order chi connectivity index (χ1) is 11.4. The summed E-state index contributed by atoms with van der Waals surface area (Å²) in [6, 6.07) is 6.63. The number of hydrogen-bond donors (Lipinski definition) is 1. The molecule has 0 saturated carbocycles. The van der Waals surface area contributed by atoms with Crippen LogP contribution >= 0.6 is 0 Å². The van der Waals surface area contributed by atoms with Crippen LogP contribution in [0.4, 0.5) is 13.2 Å². The lowest BCUT2D eigenvalue weighted by Gasteiger charge is -2.14. The van der Waals surface area contributed by atoms with Crippen LogP contribution in [-0.4, -0.2) is 61.9 Å². The van der Waals surface area contributed by atoms with E-state index >= 15 is 0 Å². The van der Waals surface area contributed by atoms with E-state index in [4.69, 9.17) is 19.3 Å². The van der Waals surface area contributed by atoms with Gasteiger partial charge in [-0.3, -0.25) is 5.01 Å². The van der Waals surface area contributed by atoms with E-state index in [1.807, 2.05) is 0 Å². The molecule has 0 aromatic heterocycles. The number of aliphatic hydroxyl groups is 1. The Morgan fingerprint density at radius 3 is 2.62 bits per heavy atom. The summed E-state index contributed by atoms with van der Waals surface area (Å²) in [5, 5.41) is 14.9. The van der Waals surface area contributed by atoms with Crippen LogP contribution < -0.4 is 4.74 Å². The molecule has 134 valence electrons. The molecule has 0 radical (unpaired) electrons. The van der Waals surface area contributed by atoms with Gasteiger partial charge in [0.05, 0.1) is 19.8 Å². The number of hydrogen-bond acceptors (Lipinski definition) is 6. The fourth-order valence-electron chi connectivity index (χ4n) is 1.92. The fourth-order valence-corrected chi connectivity index (χ4v) is 1.92. The monoisotopic (exact) mass is 348 g/mol. The smallest absolute Gasteiger partial charge is 0.414 e. The second kappa shape index (κ2) is 8.20. The average molecular weight is 348 g/mol. The molecule has 24 heavy (non-hydrogen) atoms. The highest BCUT2D eigenvalue weighted by atomic mass is 19.4. The van der Waals surface area contributed by atoms with E-state index in [1.165, 1.54) is 0 Å². The third-order valence-corrected chi connectivity index (χ3v) is 3.28. The van der Waals surface area contributed by atoms with Crippen molar-refractivity contribution < 1.29 is 32.5 Å². The van der Waals surface area contributed by atoms with Crippen molar-refractivity contribution in [3.05, 3.63) is 29.8 Å². The van der Waals surface area contributed by atoms with Gasteiger partial charge < -0.3 is 19.3 Å². The summed E-state index contributed by atoms with van der Waals surface area (Å²) >= 11 is 0. The van der Waals surface area contributed by atoms with Crippen LogP contribution in [-0.2, 0) is 9.47 Å². The minimum absolute atomic E-state index is 0.234. The minimum atomic E-state index is -4.63. The van der Waals surface area contributed by atoms with Gasteiger partial charge in [-0.1, -0.05) is 0 Å². The maximum atomic E-state index is 12.2. The van der Waals surface area contributed by atoms with E-state index in [0.29, 0.717) is 31.5 Å². The van der Waals surface area contributed by atoms with Gasteiger partial charge in [-0.2, -0.15) is 13.2 Å². The quantitative estimate of drug-likeness (QED) is 0.778. The fraction of sp³-hybridized carbons (Fsp3) is 0.533. The Hall–Kier alpha value is -2.00. The molecule has 1 heterocycles. The number of ether oxygens (including phenoxy) is 3. The van der Waals surface area contributed by atoms with Crippen molar-refractivity contribution in [2.75, 3.05) is 33.6 Å². The SMILES string of the molecule is COCCN1COC(c2ccc(OCC[C@@H](O)C(F)(F)F)cc2)=N1. The number of halogens is 3. The molecule has 9 heteroatoms. The maximum Gasteiger partial charge on any atom is 0.414 e. The Labute approximate surface area is 137 Å². The second-order valence-electron chi connectivity index (χ2n) is 5.12. The molecule has 1 aromatic carbocycles. The number of hydrazone groups is 1. The third kappa shape index (κ3) is 5.27. The largest absolute Gasteiger partial charge is 0.493 e. The molecule has 1 N–H and O–H groups in total. The number of aliphatic hydroxyl groups excluding tert-OH is 1. The predicted molar refractivity (Wildman–Crippen MR) is 79.7 cm³/mol. The predicted octanol–water partition coefficient (Wildman–Crippen LogP) is 1.98. The highest BCUT2D eigenvalue weighted by Crippen LogP contribution is 2.23. The summed E-state index contributed by atoms with van der Waals surface area (Å²) < 4.78 is 52.1. The molecule has 1 aliphatic heterocycles. The normalized spacial score (nSPS) is 15.9. The molecule has 1 aliphatic rings. The molecule has 1 aromatic rings. The number of benzene rings is 1. The Kier molecular flexibility index (Phi) is 6.27. The lowest BCUT2D eigenvalue weighted by molar-refractivity contribution is -0.206. The van der Waals surface area contributed by atoms with Gasteiger partial charge in [-0.15, -0.1) is 5.10 Å². The Morgan fingerprint density at radius 2 is 2.00 bits per heavy atom. The van der Waals surface area contributed by atoms with Crippen LogP contribution in [0.2, 0.25) is 0 Å². The van der Waals surface area contributed by atoms with E-state index < -0.39 is 18.7 Å². The van der Waals surface area contributed by atoms with Gasteiger partial charge in [-0.05, 0) is 24.3 Å². The van der Waals surface area contributed by atoms with Crippen LogP contribution in [0.25, 0.3) is 0 Å². The lowest BCUT2D eigenvalue weighted by atomic mass is 10.2. The van der Waals surface area contributed by atoms with Gasteiger partial charge in [0.25, 0.3) is 0 Å². The summed E-state index contributed by atoms with van der Waals surface area (Å²) in [5.74, 6) is 0.869. The number of alkyl halides is 3. The molecule has 0 saturated heterocycles. The molecular formula is C15H19F3N2O4. The van der Waals surface area contributed by atoms with Crippen molar-refractivity contribution in [1.29, 1.82) is 0 Å². The summed E-state index contributed by atoms with van der Waals surface area (Å²) in [7, 11) is 1.61. The van der Waals surface area contributed by atoms with E-state index in [2.05, 4.69) is 5.10 Å². The third-order valence-electron chi connectivity index (χ3n) is 3.28. The standard InChI is InChI=1S/C15H19F3N2O4/c1-22-9-7-20-10-24-14(19-20)11-2-4-12(5-3-11)23-8-6-13(21)15(16,17)18/h2-5,13,21H,6-10H2,1H3/t13-/m1/s1. The van der Waals surface area contributed by atoms with E-state index in [1.54, 1.807) is 36.4 Å². The summed E-state index contributed by atoms with van der Waals surface area (Å²) in [4.78, 5) is 0. The highest BCUT2D eigenvalue weighted by Gasteiger charge is 2.37. The van der Waals surface area contributed by atoms with Crippen LogP contribution in [0.3, 0.4) is 0 Å². The first-order valence-corrected chi connectivity index (χ1v) is 7.33. The highest BCUT2D eigenvalue weighted by molar-refractivity contribution is 5.94. The van der Waals surface area contributed by atoms with Crippen molar-refractivity contribution in [2.45, 2.75) is 18.7 Å². The molecule has 0 bridgehead atoms. The van der Waals surface area contributed by atoms with Gasteiger partial charge in [0.2, 0.25) is 5.90 Å². The number of rotatable bonds is 8. The second-order valence-corrected chi connectivity index (χ2v) is 5.12. The molecule has 0 aliphatic carbocycles. The van der Waals surface area contributed by atoms with Crippen molar-refractivity contribution in [1.82, 2.24) is 5.01 Å². The first kappa shape index (κ1) is 18.3. The molecule has 0 fully saturated rings. The Balaban J connectivity index is 1.83. The van der Waals surface area contributed by atoms with Crippen molar-refractivity contribution in [3.8, 4) is 5.75 Å². The average Bonchev–Trinajstić information content (AvgIpc) is 3.01. The summed E-state index contributed by atoms with van der Waals surface area (Å²) in [6.45, 7) is 1.26. The molecule has 0 spiro atoms. The number of methoxy groups -OCH3 is 1. The Morgan fingerprint density at radius 1 is 1.29 bits per heavy atom. The zero-order valence-corrected chi connectivity index (χ0v) is 13.1. The topological polar surface area (TPSA) is 63.5 Å². The van der Waals surface area contributed by atoms with Gasteiger partial charge in [0, 0.05) is 19.1 Å². The maximum absolute atomic E-state index is 12.2. The van der Waals surface area contributed by atoms with Crippen LogP contribution in [0.15, 0.2) is 29.4 Å². The van der Waals surface area contributed by atoms with Crippen LogP contribution in [0.5, 0.6) is 5.75 Å². The first-order valence-electron chi connectivity index (χ1n) is 7.33.